The highest BCUT2D eigenvalue weighted by Crippen LogP contribution is 2.26. The average molecular weight is 266 g/mol. The first-order valence-electron chi connectivity index (χ1n) is 7.12. The number of benzene rings is 1. The zero-order valence-corrected chi connectivity index (χ0v) is 11.9. The molecule has 0 N–H and O–H groups in total. The summed E-state index contributed by atoms with van der Waals surface area (Å²) in [5.41, 5.74) is 5.64. The van der Waals surface area contributed by atoms with Crippen molar-refractivity contribution < 1.29 is 4.79 Å². The predicted octanol–water partition coefficient (Wildman–Crippen LogP) is 3.53. The fraction of sp³-hybridized carbons (Fsp3) is 0.353. The SMILES string of the molecule is CC(=O)c1nc(C)cc(-c2ccc3c(c2)CCCC3)n1. The maximum atomic E-state index is 11.5. The molecule has 3 heteroatoms. The largest absolute Gasteiger partial charge is 0.291 e. The number of carbonyl (C=O) groups is 1. The van der Waals surface area contributed by atoms with Gasteiger partial charge in [0.1, 0.15) is 0 Å². The fourth-order valence-electron chi connectivity index (χ4n) is 2.77. The van der Waals surface area contributed by atoms with Crippen molar-refractivity contribution in [3.05, 3.63) is 46.9 Å². The van der Waals surface area contributed by atoms with Crippen molar-refractivity contribution in [2.24, 2.45) is 0 Å². The third-order valence-corrected chi connectivity index (χ3v) is 3.81. The number of hydrogen-bond donors (Lipinski definition) is 0. The fourth-order valence-corrected chi connectivity index (χ4v) is 2.77. The number of carbonyl (C=O) groups excluding carboxylic acids is 1. The molecule has 3 nitrogen and oxygen atoms in total. The van der Waals surface area contributed by atoms with E-state index in [1.807, 2.05) is 13.0 Å². The van der Waals surface area contributed by atoms with Gasteiger partial charge in [-0.25, -0.2) is 9.97 Å². The van der Waals surface area contributed by atoms with E-state index in [1.54, 1.807) is 0 Å². The Kier molecular flexibility index (Phi) is 3.35. The topological polar surface area (TPSA) is 42.9 Å². The highest BCUT2D eigenvalue weighted by molar-refractivity contribution is 5.90. The standard InChI is InChI=1S/C17H18N2O/c1-11-9-16(19-17(18-11)12(2)20)15-8-7-13-5-3-4-6-14(13)10-15/h7-10H,3-6H2,1-2H3. The van der Waals surface area contributed by atoms with Gasteiger partial charge in [-0.3, -0.25) is 4.79 Å². The number of hydrogen-bond acceptors (Lipinski definition) is 3. The Morgan fingerprint density at radius 1 is 1.05 bits per heavy atom. The zero-order valence-electron chi connectivity index (χ0n) is 11.9. The molecule has 0 radical (unpaired) electrons. The third kappa shape index (κ3) is 2.48. The van der Waals surface area contributed by atoms with E-state index in [0.717, 1.165) is 23.4 Å². The monoisotopic (exact) mass is 266 g/mol. The van der Waals surface area contributed by atoms with Crippen molar-refractivity contribution in [3.63, 3.8) is 0 Å². The second-order valence-corrected chi connectivity index (χ2v) is 5.46. The van der Waals surface area contributed by atoms with E-state index in [-0.39, 0.29) is 5.78 Å². The smallest absolute Gasteiger partial charge is 0.196 e. The van der Waals surface area contributed by atoms with Gasteiger partial charge in [-0.15, -0.1) is 0 Å². The number of ketones is 1. The minimum Gasteiger partial charge on any atom is -0.291 e. The second-order valence-electron chi connectivity index (χ2n) is 5.46. The first-order valence-corrected chi connectivity index (χ1v) is 7.12. The van der Waals surface area contributed by atoms with E-state index in [4.69, 9.17) is 0 Å². The van der Waals surface area contributed by atoms with Crippen LogP contribution in [0.5, 0.6) is 0 Å². The summed E-state index contributed by atoms with van der Waals surface area (Å²) in [4.78, 5) is 20.1. The maximum Gasteiger partial charge on any atom is 0.196 e. The van der Waals surface area contributed by atoms with Gasteiger partial charge in [-0.1, -0.05) is 12.1 Å². The summed E-state index contributed by atoms with van der Waals surface area (Å²) in [5.74, 6) is 0.214. The van der Waals surface area contributed by atoms with Crippen LogP contribution in [-0.4, -0.2) is 15.8 Å². The van der Waals surface area contributed by atoms with E-state index in [0.29, 0.717) is 5.82 Å². The van der Waals surface area contributed by atoms with Crippen molar-refractivity contribution in [2.45, 2.75) is 39.5 Å². The Balaban J connectivity index is 2.06. The molecule has 1 aliphatic carbocycles. The van der Waals surface area contributed by atoms with E-state index in [1.165, 1.54) is 37.3 Å². The molecule has 20 heavy (non-hydrogen) atoms. The molecule has 0 spiro atoms. The van der Waals surface area contributed by atoms with Gasteiger partial charge in [0.05, 0.1) is 5.69 Å². The number of aromatic nitrogens is 2. The molecule has 1 aromatic heterocycles. The molecule has 102 valence electrons. The lowest BCUT2D eigenvalue weighted by atomic mass is 9.90. The maximum absolute atomic E-state index is 11.5. The van der Waals surface area contributed by atoms with Crippen molar-refractivity contribution in [2.75, 3.05) is 0 Å². The minimum atomic E-state index is -0.0899. The summed E-state index contributed by atoms with van der Waals surface area (Å²) in [7, 11) is 0. The second kappa shape index (κ2) is 5.16. The summed E-state index contributed by atoms with van der Waals surface area (Å²) < 4.78 is 0. The number of fused-ring (bicyclic) bond motifs is 1. The molecule has 0 saturated heterocycles. The lowest BCUT2D eigenvalue weighted by molar-refractivity contribution is 0.100. The normalized spacial score (nSPS) is 13.9. The Labute approximate surface area is 119 Å². The van der Waals surface area contributed by atoms with Gasteiger partial charge in [0, 0.05) is 18.2 Å². The molecule has 1 aromatic carbocycles. The van der Waals surface area contributed by atoms with E-state index in [9.17, 15) is 4.79 Å². The van der Waals surface area contributed by atoms with Gasteiger partial charge >= 0.3 is 0 Å². The van der Waals surface area contributed by atoms with Gasteiger partial charge in [0.2, 0.25) is 0 Å². The van der Waals surface area contributed by atoms with Crippen LogP contribution < -0.4 is 0 Å². The van der Waals surface area contributed by atoms with E-state index < -0.39 is 0 Å². The Bertz CT molecular complexity index is 677. The van der Waals surface area contributed by atoms with Crippen LogP contribution in [0.1, 0.15) is 47.2 Å². The quantitative estimate of drug-likeness (QED) is 0.781. The molecule has 0 unspecified atom stereocenters. The van der Waals surface area contributed by atoms with Crippen LogP contribution in [0.3, 0.4) is 0 Å². The third-order valence-electron chi connectivity index (χ3n) is 3.81. The van der Waals surface area contributed by atoms with Gasteiger partial charge in [-0.05, 0) is 55.9 Å². The molecule has 1 heterocycles. The first kappa shape index (κ1) is 13.0. The molecule has 3 rings (SSSR count). The molecule has 0 atom stereocenters. The first-order chi connectivity index (χ1) is 9.63. The minimum absolute atomic E-state index is 0.0899. The predicted molar refractivity (Wildman–Crippen MR) is 78.9 cm³/mol. The summed E-state index contributed by atoms with van der Waals surface area (Å²) in [6, 6.07) is 8.47. The van der Waals surface area contributed by atoms with E-state index in [2.05, 4.69) is 28.2 Å². The van der Waals surface area contributed by atoms with Crippen LogP contribution in [0, 0.1) is 6.92 Å². The van der Waals surface area contributed by atoms with Gasteiger partial charge in [0.15, 0.2) is 11.6 Å². The van der Waals surface area contributed by atoms with Crippen molar-refractivity contribution in [3.8, 4) is 11.3 Å². The number of nitrogens with zero attached hydrogens (tertiary/aromatic N) is 2. The lowest BCUT2D eigenvalue weighted by Crippen LogP contribution is -2.05. The van der Waals surface area contributed by atoms with E-state index >= 15 is 0 Å². The van der Waals surface area contributed by atoms with Crippen LogP contribution >= 0.6 is 0 Å². The van der Waals surface area contributed by atoms with Gasteiger partial charge in [-0.2, -0.15) is 0 Å². The van der Waals surface area contributed by atoms with Crippen LogP contribution in [0.2, 0.25) is 0 Å². The summed E-state index contributed by atoms with van der Waals surface area (Å²) in [6.45, 7) is 3.40. The van der Waals surface area contributed by atoms with Crippen LogP contribution in [0.25, 0.3) is 11.3 Å². The van der Waals surface area contributed by atoms with Crippen LogP contribution in [-0.2, 0) is 12.8 Å². The molecule has 0 bridgehead atoms. The Morgan fingerprint density at radius 2 is 1.80 bits per heavy atom. The molecular weight excluding hydrogens is 248 g/mol. The molecule has 0 saturated carbocycles. The van der Waals surface area contributed by atoms with Crippen molar-refractivity contribution >= 4 is 5.78 Å². The average Bonchev–Trinajstić information content (AvgIpc) is 2.46. The molecule has 1 aliphatic rings. The summed E-state index contributed by atoms with van der Waals surface area (Å²) >= 11 is 0. The van der Waals surface area contributed by atoms with Gasteiger partial charge < -0.3 is 0 Å². The highest BCUT2D eigenvalue weighted by Gasteiger charge is 2.12. The molecule has 0 fully saturated rings. The number of aryl methyl sites for hydroxylation is 3. The summed E-state index contributed by atoms with van der Waals surface area (Å²) in [5, 5.41) is 0. The number of rotatable bonds is 2. The lowest BCUT2D eigenvalue weighted by Gasteiger charge is -2.16. The van der Waals surface area contributed by atoms with Crippen LogP contribution in [0.15, 0.2) is 24.3 Å². The molecule has 0 amide bonds. The van der Waals surface area contributed by atoms with Crippen molar-refractivity contribution in [1.29, 1.82) is 0 Å². The molecule has 2 aromatic rings. The highest BCUT2D eigenvalue weighted by atomic mass is 16.1. The zero-order chi connectivity index (χ0) is 14.1. The molecular formula is C17H18N2O. The number of Topliss-reactive ketones (excluding diaryl/α,β-unsaturated/α-hetero) is 1. The van der Waals surface area contributed by atoms with Gasteiger partial charge in [0.25, 0.3) is 0 Å². The Hall–Kier alpha value is -2.03. The summed E-state index contributed by atoms with van der Waals surface area (Å²) in [6.07, 6.45) is 4.87. The van der Waals surface area contributed by atoms with Crippen molar-refractivity contribution in [1.82, 2.24) is 9.97 Å². The Morgan fingerprint density at radius 3 is 2.55 bits per heavy atom. The van der Waals surface area contributed by atoms with Crippen LogP contribution in [0.4, 0.5) is 0 Å². The molecule has 0 aliphatic heterocycles.